The van der Waals surface area contributed by atoms with Gasteiger partial charge in [-0.2, -0.15) is 0 Å². The van der Waals surface area contributed by atoms with Crippen LogP contribution in [0, 0.1) is 12.7 Å². The highest BCUT2D eigenvalue weighted by molar-refractivity contribution is 7.11. The number of carbonyl (C=O) groups is 1. The molecular formula is C13H13FN2OS. The smallest absolute Gasteiger partial charge is 0.224 e. The first-order valence-electron chi connectivity index (χ1n) is 5.56. The summed E-state index contributed by atoms with van der Waals surface area (Å²) in [6.07, 6.45) is 1.82. The molecule has 5 heteroatoms. The van der Waals surface area contributed by atoms with Crippen LogP contribution in [-0.4, -0.2) is 10.9 Å². The lowest BCUT2D eigenvalue weighted by Gasteiger charge is -2.04. The minimum Gasteiger partial charge on any atom is -0.349 e. The molecule has 1 amide bonds. The van der Waals surface area contributed by atoms with Crippen molar-refractivity contribution in [2.24, 2.45) is 0 Å². The molecule has 1 aromatic heterocycles. The Kier molecular flexibility index (Phi) is 4.04. The molecule has 0 saturated carbocycles. The van der Waals surface area contributed by atoms with E-state index in [1.165, 1.54) is 17.4 Å². The van der Waals surface area contributed by atoms with Gasteiger partial charge in [0.1, 0.15) is 10.8 Å². The zero-order valence-corrected chi connectivity index (χ0v) is 10.8. The van der Waals surface area contributed by atoms with E-state index in [1.54, 1.807) is 24.4 Å². The van der Waals surface area contributed by atoms with E-state index >= 15 is 0 Å². The van der Waals surface area contributed by atoms with Crippen molar-refractivity contribution in [1.29, 1.82) is 0 Å². The number of rotatable bonds is 4. The average Bonchev–Trinajstić information content (AvgIpc) is 2.76. The second kappa shape index (κ2) is 5.73. The second-order valence-corrected chi connectivity index (χ2v) is 5.23. The minimum atomic E-state index is -0.349. The highest BCUT2D eigenvalue weighted by atomic mass is 32.1. The molecule has 0 unspecified atom stereocenters. The lowest BCUT2D eigenvalue weighted by Crippen LogP contribution is -2.24. The minimum absolute atomic E-state index is 0.0526. The molecule has 18 heavy (non-hydrogen) atoms. The van der Waals surface area contributed by atoms with E-state index in [-0.39, 0.29) is 18.1 Å². The first-order chi connectivity index (χ1) is 8.65. The third-order valence-corrected chi connectivity index (χ3v) is 3.33. The summed E-state index contributed by atoms with van der Waals surface area (Å²) >= 11 is 1.54. The Morgan fingerprint density at radius 1 is 1.44 bits per heavy atom. The van der Waals surface area contributed by atoms with Gasteiger partial charge in [0.15, 0.2) is 0 Å². The van der Waals surface area contributed by atoms with Crippen LogP contribution < -0.4 is 5.32 Å². The van der Waals surface area contributed by atoms with Crippen LogP contribution in [-0.2, 0) is 17.8 Å². The fourth-order valence-electron chi connectivity index (χ4n) is 1.53. The predicted molar refractivity (Wildman–Crippen MR) is 68.8 cm³/mol. The van der Waals surface area contributed by atoms with Crippen LogP contribution in [0.25, 0.3) is 0 Å². The Bertz CT molecular complexity index is 553. The first kappa shape index (κ1) is 12.7. The molecule has 0 saturated heterocycles. The second-order valence-electron chi connectivity index (χ2n) is 3.91. The number of halogens is 1. The van der Waals surface area contributed by atoms with Gasteiger partial charge in [0.25, 0.3) is 0 Å². The van der Waals surface area contributed by atoms with Crippen molar-refractivity contribution in [3.8, 4) is 0 Å². The van der Waals surface area contributed by atoms with E-state index in [2.05, 4.69) is 10.3 Å². The van der Waals surface area contributed by atoms with Crippen molar-refractivity contribution in [2.45, 2.75) is 19.9 Å². The summed E-state index contributed by atoms with van der Waals surface area (Å²) < 4.78 is 13.3. The van der Waals surface area contributed by atoms with Crippen molar-refractivity contribution in [2.75, 3.05) is 0 Å². The predicted octanol–water partition coefficient (Wildman–Crippen LogP) is 2.45. The number of thiazole rings is 1. The van der Waals surface area contributed by atoms with Crippen LogP contribution in [0.3, 0.4) is 0 Å². The molecule has 0 radical (unpaired) electrons. The number of nitrogens with one attached hydrogen (secondary N) is 1. The van der Waals surface area contributed by atoms with Crippen LogP contribution in [0.1, 0.15) is 15.4 Å². The molecule has 2 rings (SSSR count). The lowest BCUT2D eigenvalue weighted by molar-refractivity contribution is -0.120. The third kappa shape index (κ3) is 3.37. The van der Waals surface area contributed by atoms with Crippen molar-refractivity contribution >= 4 is 17.2 Å². The highest BCUT2D eigenvalue weighted by Crippen LogP contribution is 2.11. The van der Waals surface area contributed by atoms with Gasteiger partial charge in [0.05, 0.1) is 13.0 Å². The van der Waals surface area contributed by atoms with Crippen LogP contribution in [0.5, 0.6) is 0 Å². The summed E-state index contributed by atoms with van der Waals surface area (Å²) in [5, 5.41) is 3.59. The number of aromatic nitrogens is 1. The van der Waals surface area contributed by atoms with Gasteiger partial charge >= 0.3 is 0 Å². The maximum absolute atomic E-state index is 13.3. The Labute approximate surface area is 109 Å². The van der Waals surface area contributed by atoms with Gasteiger partial charge in [-0.3, -0.25) is 4.79 Å². The van der Waals surface area contributed by atoms with Gasteiger partial charge in [0.2, 0.25) is 5.91 Å². The van der Waals surface area contributed by atoms with Gasteiger partial charge in [0, 0.05) is 11.1 Å². The standard InChI is InChI=1S/C13H13FN2OS/c1-9-7-16-13(18-9)8-15-12(17)6-10-4-2-3-5-11(10)14/h2-5,7H,6,8H2,1H3,(H,15,17). The lowest BCUT2D eigenvalue weighted by atomic mass is 10.1. The molecule has 0 bridgehead atoms. The summed E-state index contributed by atoms with van der Waals surface area (Å²) in [6.45, 7) is 2.36. The molecule has 1 heterocycles. The summed E-state index contributed by atoms with van der Waals surface area (Å²) in [5.74, 6) is -0.550. The quantitative estimate of drug-likeness (QED) is 0.921. The maximum Gasteiger partial charge on any atom is 0.224 e. The van der Waals surface area contributed by atoms with Crippen LogP contribution >= 0.6 is 11.3 Å². The molecule has 0 aliphatic heterocycles. The molecule has 1 N–H and O–H groups in total. The summed E-state index contributed by atoms with van der Waals surface area (Å²) in [5.41, 5.74) is 0.408. The summed E-state index contributed by atoms with van der Waals surface area (Å²) in [6, 6.07) is 6.29. The van der Waals surface area contributed by atoms with Crippen molar-refractivity contribution in [3.05, 3.63) is 51.7 Å². The SMILES string of the molecule is Cc1cnc(CNC(=O)Cc2ccccc2F)s1. The number of nitrogens with zero attached hydrogens (tertiary/aromatic N) is 1. The number of hydrogen-bond donors (Lipinski definition) is 1. The van der Waals surface area contributed by atoms with Crippen molar-refractivity contribution in [1.82, 2.24) is 10.3 Å². The van der Waals surface area contributed by atoms with Gasteiger partial charge < -0.3 is 5.32 Å². The molecule has 94 valence electrons. The average molecular weight is 264 g/mol. The maximum atomic E-state index is 13.3. The van der Waals surface area contributed by atoms with Crippen molar-refractivity contribution in [3.63, 3.8) is 0 Å². The van der Waals surface area contributed by atoms with Crippen LogP contribution in [0.2, 0.25) is 0 Å². The number of aryl methyl sites for hydroxylation is 1. The Hall–Kier alpha value is -1.75. The zero-order chi connectivity index (χ0) is 13.0. The van der Waals surface area contributed by atoms with E-state index in [4.69, 9.17) is 0 Å². The van der Waals surface area contributed by atoms with Gasteiger partial charge in [-0.05, 0) is 18.6 Å². The molecule has 0 aliphatic carbocycles. The Morgan fingerprint density at radius 3 is 2.89 bits per heavy atom. The molecule has 0 aliphatic rings. The van der Waals surface area contributed by atoms with E-state index in [9.17, 15) is 9.18 Å². The molecule has 0 atom stereocenters. The summed E-state index contributed by atoms with van der Waals surface area (Å²) in [7, 11) is 0. The van der Waals surface area contributed by atoms with Gasteiger partial charge in [-0.15, -0.1) is 11.3 Å². The Balaban J connectivity index is 1.88. The van der Waals surface area contributed by atoms with Crippen molar-refractivity contribution < 1.29 is 9.18 Å². The van der Waals surface area contributed by atoms with Gasteiger partial charge in [-0.25, -0.2) is 9.37 Å². The molecule has 0 spiro atoms. The van der Waals surface area contributed by atoms with E-state index in [0.29, 0.717) is 12.1 Å². The zero-order valence-electron chi connectivity index (χ0n) is 9.94. The van der Waals surface area contributed by atoms with Gasteiger partial charge in [-0.1, -0.05) is 18.2 Å². The van der Waals surface area contributed by atoms with Crippen LogP contribution in [0.15, 0.2) is 30.5 Å². The fraction of sp³-hybridized carbons (Fsp3) is 0.231. The van der Waals surface area contributed by atoms with E-state index in [1.807, 2.05) is 6.92 Å². The number of amides is 1. The molecule has 2 aromatic rings. The highest BCUT2D eigenvalue weighted by Gasteiger charge is 2.08. The fourth-order valence-corrected chi connectivity index (χ4v) is 2.26. The monoisotopic (exact) mass is 264 g/mol. The number of hydrogen-bond acceptors (Lipinski definition) is 3. The molecule has 0 fully saturated rings. The first-order valence-corrected chi connectivity index (χ1v) is 6.38. The largest absolute Gasteiger partial charge is 0.349 e. The van der Waals surface area contributed by atoms with E-state index in [0.717, 1.165) is 9.88 Å². The number of carbonyl (C=O) groups excluding carboxylic acids is 1. The molecule has 1 aromatic carbocycles. The van der Waals surface area contributed by atoms with E-state index < -0.39 is 0 Å². The summed E-state index contributed by atoms with van der Waals surface area (Å²) in [4.78, 5) is 16.9. The topological polar surface area (TPSA) is 42.0 Å². The normalized spacial score (nSPS) is 10.3. The Morgan fingerprint density at radius 2 is 2.22 bits per heavy atom. The molecule has 3 nitrogen and oxygen atoms in total. The van der Waals surface area contributed by atoms with Crippen LogP contribution in [0.4, 0.5) is 4.39 Å². The third-order valence-electron chi connectivity index (χ3n) is 2.41. The number of benzene rings is 1. The molecular weight excluding hydrogens is 251 g/mol.